The molecule has 0 unspecified atom stereocenters. The van der Waals surface area contributed by atoms with E-state index in [1.54, 1.807) is 0 Å². The minimum Gasteiger partial charge on any atom is -0.391 e. The highest BCUT2D eigenvalue weighted by molar-refractivity contribution is 5.65. The van der Waals surface area contributed by atoms with Crippen molar-refractivity contribution in [3.8, 4) is 0 Å². The molecule has 4 heteroatoms. The van der Waals surface area contributed by atoms with Crippen LogP contribution in [0.15, 0.2) is 54.6 Å². The molecule has 2 fully saturated rings. The van der Waals surface area contributed by atoms with E-state index in [0.29, 0.717) is 0 Å². The first kappa shape index (κ1) is 19.0. The molecule has 1 N–H and O–H groups in total. The molecular formula is C25H29FN2O. The van der Waals surface area contributed by atoms with Crippen LogP contribution in [-0.4, -0.2) is 53.2 Å². The van der Waals surface area contributed by atoms with E-state index >= 15 is 0 Å². The van der Waals surface area contributed by atoms with Gasteiger partial charge in [0.1, 0.15) is 5.82 Å². The van der Waals surface area contributed by atoms with Gasteiger partial charge in [0.05, 0.1) is 6.10 Å². The van der Waals surface area contributed by atoms with Crippen LogP contribution in [0.5, 0.6) is 0 Å². The molecule has 29 heavy (non-hydrogen) atoms. The molecule has 2 aliphatic heterocycles. The number of aliphatic hydroxyl groups is 1. The van der Waals surface area contributed by atoms with Gasteiger partial charge in [0, 0.05) is 31.1 Å². The monoisotopic (exact) mass is 391 g/mol. The molecule has 1 spiro atoms. The van der Waals surface area contributed by atoms with Gasteiger partial charge in [0.15, 0.2) is 0 Å². The van der Waals surface area contributed by atoms with Crippen molar-refractivity contribution in [1.82, 2.24) is 9.80 Å². The molecule has 2 saturated heterocycles. The van der Waals surface area contributed by atoms with Crippen LogP contribution in [0.2, 0.25) is 0 Å². The third-order valence-electron chi connectivity index (χ3n) is 7.19. The van der Waals surface area contributed by atoms with Crippen LogP contribution in [-0.2, 0) is 12.0 Å². The summed E-state index contributed by atoms with van der Waals surface area (Å²) in [6, 6.07) is 15.7. The Hall–Kier alpha value is -2.01. The van der Waals surface area contributed by atoms with E-state index in [9.17, 15) is 9.50 Å². The molecule has 152 valence electrons. The Balaban J connectivity index is 1.24. The van der Waals surface area contributed by atoms with E-state index < -0.39 is 0 Å². The topological polar surface area (TPSA) is 26.7 Å². The number of fused-ring (bicyclic) bond motifs is 2. The van der Waals surface area contributed by atoms with Crippen molar-refractivity contribution >= 4 is 6.08 Å². The smallest absolute Gasteiger partial charge is 0.123 e. The molecule has 0 saturated carbocycles. The molecule has 1 aliphatic carbocycles. The number of halogens is 1. The first-order valence-electron chi connectivity index (χ1n) is 10.8. The maximum Gasteiger partial charge on any atom is 0.123 e. The lowest BCUT2D eigenvalue weighted by atomic mass is 9.74. The third-order valence-corrected chi connectivity index (χ3v) is 7.19. The van der Waals surface area contributed by atoms with E-state index in [2.05, 4.69) is 46.2 Å². The lowest BCUT2D eigenvalue weighted by molar-refractivity contribution is -0.0256. The van der Waals surface area contributed by atoms with Crippen molar-refractivity contribution in [2.75, 3.05) is 26.2 Å². The number of likely N-dealkylation sites (tertiary alicyclic amines) is 2. The van der Waals surface area contributed by atoms with E-state index in [-0.39, 0.29) is 23.4 Å². The Kier molecular flexibility index (Phi) is 5.02. The zero-order valence-corrected chi connectivity index (χ0v) is 16.8. The molecule has 5 rings (SSSR count). The third kappa shape index (κ3) is 3.65. The first-order chi connectivity index (χ1) is 14.1. The Morgan fingerprint density at radius 2 is 1.76 bits per heavy atom. The number of nitrogens with zero attached hydrogens (tertiary/aromatic N) is 2. The fourth-order valence-corrected chi connectivity index (χ4v) is 5.46. The van der Waals surface area contributed by atoms with Crippen molar-refractivity contribution in [3.63, 3.8) is 0 Å². The summed E-state index contributed by atoms with van der Waals surface area (Å²) in [4.78, 5) is 4.90. The summed E-state index contributed by atoms with van der Waals surface area (Å²) in [5.41, 5.74) is 4.15. The summed E-state index contributed by atoms with van der Waals surface area (Å²) in [7, 11) is 0. The lowest BCUT2D eigenvalue weighted by Gasteiger charge is -2.47. The molecule has 2 aromatic carbocycles. The van der Waals surface area contributed by atoms with Crippen LogP contribution < -0.4 is 0 Å². The second-order valence-corrected chi connectivity index (χ2v) is 8.90. The van der Waals surface area contributed by atoms with Crippen molar-refractivity contribution in [2.24, 2.45) is 0 Å². The molecular weight excluding hydrogens is 362 g/mol. The molecule has 0 bridgehead atoms. The summed E-state index contributed by atoms with van der Waals surface area (Å²) in [5.74, 6) is -0.189. The lowest BCUT2D eigenvalue weighted by Crippen LogP contribution is -2.57. The molecule has 2 heterocycles. The summed E-state index contributed by atoms with van der Waals surface area (Å²) in [6.45, 7) is 4.62. The number of hydrogen-bond donors (Lipinski definition) is 1. The van der Waals surface area contributed by atoms with Gasteiger partial charge in [-0.05, 0) is 61.2 Å². The van der Waals surface area contributed by atoms with Gasteiger partial charge in [-0.3, -0.25) is 9.80 Å². The van der Waals surface area contributed by atoms with E-state index in [0.717, 1.165) is 57.5 Å². The first-order valence-corrected chi connectivity index (χ1v) is 10.8. The van der Waals surface area contributed by atoms with Gasteiger partial charge in [-0.15, -0.1) is 0 Å². The Labute approximate surface area is 172 Å². The molecule has 2 aromatic rings. The largest absolute Gasteiger partial charge is 0.391 e. The SMILES string of the molecule is O[C@@H]1CCN(Cc2ccc([18F])cc2)C[C@H]1N1CCC2(C=Cc3ccccc32)CC1. The standard InChI is InChI=1S/C25H29FN2O/c26-21-7-5-19(6-8-21)17-27-14-10-24(29)23(18-27)28-15-12-25(13-16-28)11-9-20-3-1-2-4-22(20)25/h1-9,11,23-24,29H,10,12-18H2/t23-,24-/m1/s1/i26-1. The van der Waals surface area contributed by atoms with Crippen molar-refractivity contribution < 1.29 is 9.50 Å². The number of allylic oxidation sites excluding steroid dienone is 1. The van der Waals surface area contributed by atoms with E-state index in [4.69, 9.17) is 0 Å². The van der Waals surface area contributed by atoms with Gasteiger partial charge in [-0.1, -0.05) is 48.6 Å². The number of piperidine rings is 2. The van der Waals surface area contributed by atoms with E-state index in [1.807, 2.05) is 12.1 Å². The van der Waals surface area contributed by atoms with Gasteiger partial charge in [-0.25, -0.2) is 4.39 Å². The number of hydrogen-bond acceptors (Lipinski definition) is 3. The fraction of sp³-hybridized carbons (Fsp3) is 0.440. The summed E-state index contributed by atoms with van der Waals surface area (Å²) < 4.78 is 13.2. The summed E-state index contributed by atoms with van der Waals surface area (Å²) in [6.07, 6.45) is 7.46. The number of benzene rings is 2. The minimum atomic E-state index is -0.264. The Morgan fingerprint density at radius 1 is 1.00 bits per heavy atom. The quantitative estimate of drug-likeness (QED) is 0.862. The molecule has 3 nitrogen and oxygen atoms in total. The van der Waals surface area contributed by atoms with Crippen LogP contribution >= 0.6 is 0 Å². The van der Waals surface area contributed by atoms with Gasteiger partial charge >= 0.3 is 0 Å². The second kappa shape index (κ2) is 7.67. The second-order valence-electron chi connectivity index (χ2n) is 8.90. The highest BCUT2D eigenvalue weighted by Crippen LogP contribution is 2.44. The van der Waals surface area contributed by atoms with Crippen LogP contribution in [0.3, 0.4) is 0 Å². The molecule has 0 amide bonds. The van der Waals surface area contributed by atoms with Gasteiger partial charge in [0.25, 0.3) is 0 Å². The summed E-state index contributed by atoms with van der Waals surface area (Å²) >= 11 is 0. The fourth-order valence-electron chi connectivity index (χ4n) is 5.46. The number of aliphatic hydroxyl groups excluding tert-OH is 1. The summed E-state index contributed by atoms with van der Waals surface area (Å²) in [5, 5.41) is 10.7. The predicted octanol–water partition coefficient (Wildman–Crippen LogP) is 3.82. The Morgan fingerprint density at radius 3 is 2.55 bits per heavy atom. The van der Waals surface area contributed by atoms with Crippen LogP contribution in [0.25, 0.3) is 6.08 Å². The minimum absolute atomic E-state index is 0.181. The number of rotatable bonds is 3. The van der Waals surface area contributed by atoms with Gasteiger partial charge in [0.2, 0.25) is 0 Å². The molecule has 2 atom stereocenters. The van der Waals surface area contributed by atoms with Gasteiger partial charge < -0.3 is 5.11 Å². The zero-order chi connectivity index (χ0) is 19.8. The van der Waals surface area contributed by atoms with Crippen molar-refractivity contribution in [2.45, 2.75) is 43.4 Å². The predicted molar refractivity (Wildman–Crippen MR) is 114 cm³/mol. The van der Waals surface area contributed by atoms with Crippen molar-refractivity contribution in [1.29, 1.82) is 0 Å². The molecule has 0 radical (unpaired) electrons. The maximum absolute atomic E-state index is 13.2. The highest BCUT2D eigenvalue weighted by atomic mass is 18.2. The van der Waals surface area contributed by atoms with Gasteiger partial charge in [-0.2, -0.15) is 0 Å². The zero-order valence-electron chi connectivity index (χ0n) is 16.8. The molecule has 3 aliphatic rings. The molecule has 0 aromatic heterocycles. The van der Waals surface area contributed by atoms with Crippen LogP contribution in [0.1, 0.15) is 36.0 Å². The van der Waals surface area contributed by atoms with Crippen LogP contribution in [0.4, 0.5) is 4.39 Å². The average Bonchev–Trinajstić information content (AvgIpc) is 3.10. The Bertz CT molecular complexity index is 886. The maximum atomic E-state index is 13.2. The highest BCUT2D eigenvalue weighted by Gasteiger charge is 2.41. The van der Waals surface area contributed by atoms with E-state index in [1.165, 1.54) is 23.3 Å². The normalized spacial score (nSPS) is 26.7. The van der Waals surface area contributed by atoms with Crippen molar-refractivity contribution in [3.05, 3.63) is 77.1 Å². The van der Waals surface area contributed by atoms with Crippen LogP contribution in [0, 0.1) is 5.82 Å². The average molecular weight is 392 g/mol.